The van der Waals surface area contributed by atoms with Crippen LogP contribution in [0.2, 0.25) is 0 Å². The summed E-state index contributed by atoms with van der Waals surface area (Å²) in [5.74, 6) is 1.12. The minimum absolute atomic E-state index is 0.360. The predicted octanol–water partition coefficient (Wildman–Crippen LogP) is 3.38. The average molecular weight is 254 g/mol. The Labute approximate surface area is 108 Å². The van der Waals surface area contributed by atoms with Crippen LogP contribution in [0.4, 0.5) is 0 Å². The van der Waals surface area contributed by atoms with E-state index in [1.165, 1.54) is 31.4 Å². The highest BCUT2D eigenvalue weighted by molar-refractivity contribution is 6.17. The molecule has 3 heteroatoms. The third-order valence-electron chi connectivity index (χ3n) is 3.47. The second kappa shape index (κ2) is 6.27. The van der Waals surface area contributed by atoms with E-state index in [0.29, 0.717) is 11.8 Å². The number of hydrogen-bond acceptors (Lipinski definition) is 2. The van der Waals surface area contributed by atoms with Gasteiger partial charge in [0, 0.05) is 18.5 Å². The fourth-order valence-corrected chi connectivity index (χ4v) is 2.79. The van der Waals surface area contributed by atoms with E-state index in [-0.39, 0.29) is 0 Å². The maximum absolute atomic E-state index is 9.46. The molecule has 2 rings (SSSR count). The summed E-state index contributed by atoms with van der Waals surface area (Å²) in [6.07, 6.45) is 4.87. The molecule has 1 saturated heterocycles. The number of nitrogens with zero attached hydrogens (tertiary/aromatic N) is 1. The van der Waals surface area contributed by atoms with Crippen molar-refractivity contribution in [1.82, 2.24) is 4.90 Å². The number of benzene rings is 1. The Kier molecular flexibility index (Phi) is 4.69. The Morgan fingerprint density at radius 2 is 2.29 bits per heavy atom. The van der Waals surface area contributed by atoms with Crippen molar-refractivity contribution in [3.8, 4) is 5.75 Å². The first kappa shape index (κ1) is 12.7. The molecule has 2 nitrogen and oxygen atoms in total. The van der Waals surface area contributed by atoms with Crippen LogP contribution in [-0.2, 0) is 6.54 Å². The molecule has 1 aromatic carbocycles. The molecular weight excluding hydrogens is 234 g/mol. The predicted molar refractivity (Wildman–Crippen MR) is 71.5 cm³/mol. The molecule has 0 aromatic heterocycles. The monoisotopic (exact) mass is 253 g/mol. The number of halogens is 1. The van der Waals surface area contributed by atoms with E-state index in [9.17, 15) is 5.11 Å². The zero-order valence-electron chi connectivity index (χ0n) is 10.1. The van der Waals surface area contributed by atoms with Crippen molar-refractivity contribution in [2.75, 3.05) is 12.4 Å². The molecule has 0 aliphatic carbocycles. The van der Waals surface area contributed by atoms with E-state index in [1.807, 2.05) is 12.1 Å². The second-order valence-corrected chi connectivity index (χ2v) is 5.15. The number of aromatic hydroxyl groups is 1. The molecule has 1 aromatic rings. The number of phenolic OH excluding ortho intramolecular Hbond substituents is 1. The largest absolute Gasteiger partial charge is 0.508 e. The fraction of sp³-hybridized carbons (Fsp3) is 0.571. The highest BCUT2D eigenvalue weighted by Crippen LogP contribution is 2.24. The summed E-state index contributed by atoms with van der Waals surface area (Å²) in [4.78, 5) is 2.52. The summed E-state index contributed by atoms with van der Waals surface area (Å²) in [5.41, 5.74) is 1.20. The number of likely N-dealkylation sites (tertiary alicyclic amines) is 1. The minimum Gasteiger partial charge on any atom is -0.508 e. The van der Waals surface area contributed by atoms with Crippen molar-refractivity contribution in [3.05, 3.63) is 29.8 Å². The maximum Gasteiger partial charge on any atom is 0.115 e. The van der Waals surface area contributed by atoms with Gasteiger partial charge in [-0.25, -0.2) is 0 Å². The van der Waals surface area contributed by atoms with Crippen molar-refractivity contribution in [2.45, 2.75) is 38.3 Å². The average Bonchev–Trinajstić information content (AvgIpc) is 2.74. The molecular formula is C14H20ClNO. The lowest BCUT2D eigenvalue weighted by molar-refractivity contribution is 0.233. The van der Waals surface area contributed by atoms with Crippen LogP contribution in [0.1, 0.15) is 31.2 Å². The van der Waals surface area contributed by atoms with Crippen molar-refractivity contribution in [2.24, 2.45) is 0 Å². The van der Waals surface area contributed by atoms with Crippen molar-refractivity contribution < 1.29 is 5.11 Å². The van der Waals surface area contributed by atoms with Crippen LogP contribution in [-0.4, -0.2) is 28.5 Å². The molecule has 1 fully saturated rings. The smallest absolute Gasteiger partial charge is 0.115 e. The zero-order chi connectivity index (χ0) is 12.1. The number of phenols is 1. The first-order valence-electron chi connectivity index (χ1n) is 6.37. The van der Waals surface area contributed by atoms with E-state index < -0.39 is 0 Å². The van der Waals surface area contributed by atoms with E-state index in [2.05, 4.69) is 11.0 Å². The molecule has 0 bridgehead atoms. The maximum atomic E-state index is 9.46. The molecule has 1 unspecified atom stereocenters. The lowest BCUT2D eigenvalue weighted by Crippen LogP contribution is -2.28. The molecule has 0 saturated carbocycles. The van der Waals surface area contributed by atoms with Crippen LogP contribution in [0.15, 0.2) is 24.3 Å². The van der Waals surface area contributed by atoms with Crippen molar-refractivity contribution in [3.63, 3.8) is 0 Å². The van der Waals surface area contributed by atoms with Gasteiger partial charge in [0.15, 0.2) is 0 Å². The standard InChI is InChI=1S/C14H20ClNO/c15-8-2-5-13-6-3-9-16(13)11-12-4-1-7-14(17)10-12/h1,4,7,10,13,17H,2-3,5-6,8-9,11H2. The third-order valence-corrected chi connectivity index (χ3v) is 3.73. The molecule has 1 heterocycles. The Hall–Kier alpha value is -0.730. The first-order valence-corrected chi connectivity index (χ1v) is 6.91. The van der Waals surface area contributed by atoms with Gasteiger partial charge < -0.3 is 5.11 Å². The topological polar surface area (TPSA) is 23.5 Å². The van der Waals surface area contributed by atoms with Gasteiger partial charge in [-0.05, 0) is 49.9 Å². The highest BCUT2D eigenvalue weighted by atomic mass is 35.5. The molecule has 17 heavy (non-hydrogen) atoms. The van der Waals surface area contributed by atoms with Crippen LogP contribution in [0.5, 0.6) is 5.75 Å². The van der Waals surface area contributed by atoms with Crippen LogP contribution in [0.3, 0.4) is 0 Å². The molecule has 1 aliphatic rings. The quantitative estimate of drug-likeness (QED) is 0.814. The van der Waals surface area contributed by atoms with Gasteiger partial charge in [0.2, 0.25) is 0 Å². The normalized spacial score (nSPS) is 20.9. The molecule has 94 valence electrons. The minimum atomic E-state index is 0.360. The summed E-state index contributed by atoms with van der Waals surface area (Å²) >= 11 is 5.76. The Morgan fingerprint density at radius 3 is 3.06 bits per heavy atom. The molecule has 0 spiro atoms. The molecule has 1 atom stereocenters. The van der Waals surface area contributed by atoms with Crippen LogP contribution in [0, 0.1) is 0 Å². The van der Waals surface area contributed by atoms with Crippen LogP contribution in [0.25, 0.3) is 0 Å². The van der Waals surface area contributed by atoms with Gasteiger partial charge in [0.1, 0.15) is 5.75 Å². The number of rotatable bonds is 5. The van der Waals surface area contributed by atoms with E-state index in [1.54, 1.807) is 6.07 Å². The lowest BCUT2D eigenvalue weighted by atomic mass is 10.1. The summed E-state index contributed by atoms with van der Waals surface area (Å²) in [6.45, 7) is 2.12. The lowest BCUT2D eigenvalue weighted by Gasteiger charge is -2.24. The van der Waals surface area contributed by atoms with Gasteiger partial charge >= 0.3 is 0 Å². The molecule has 0 amide bonds. The molecule has 0 radical (unpaired) electrons. The van der Waals surface area contributed by atoms with E-state index >= 15 is 0 Å². The van der Waals surface area contributed by atoms with Gasteiger partial charge in [0.05, 0.1) is 0 Å². The second-order valence-electron chi connectivity index (χ2n) is 4.77. The van der Waals surface area contributed by atoms with Crippen molar-refractivity contribution in [1.29, 1.82) is 0 Å². The van der Waals surface area contributed by atoms with Crippen LogP contribution < -0.4 is 0 Å². The summed E-state index contributed by atoms with van der Waals surface area (Å²) < 4.78 is 0. The van der Waals surface area contributed by atoms with Gasteiger partial charge in [-0.2, -0.15) is 0 Å². The number of hydrogen-bond donors (Lipinski definition) is 1. The third kappa shape index (κ3) is 3.62. The van der Waals surface area contributed by atoms with Gasteiger partial charge in [-0.15, -0.1) is 11.6 Å². The Bertz CT molecular complexity index is 356. The molecule has 1 aliphatic heterocycles. The van der Waals surface area contributed by atoms with E-state index in [4.69, 9.17) is 11.6 Å². The van der Waals surface area contributed by atoms with Gasteiger partial charge in [0.25, 0.3) is 0 Å². The van der Waals surface area contributed by atoms with Crippen molar-refractivity contribution >= 4 is 11.6 Å². The Morgan fingerprint density at radius 1 is 1.41 bits per heavy atom. The summed E-state index contributed by atoms with van der Waals surface area (Å²) in [7, 11) is 0. The Balaban J connectivity index is 1.93. The first-order chi connectivity index (χ1) is 8.29. The van der Waals surface area contributed by atoms with Crippen LogP contribution >= 0.6 is 11.6 Å². The summed E-state index contributed by atoms with van der Waals surface area (Å²) in [6, 6.07) is 8.25. The SMILES string of the molecule is Oc1cccc(CN2CCCC2CCCCl)c1. The molecule has 1 N–H and O–H groups in total. The fourth-order valence-electron chi connectivity index (χ4n) is 2.63. The van der Waals surface area contributed by atoms with Gasteiger partial charge in [-0.1, -0.05) is 12.1 Å². The van der Waals surface area contributed by atoms with E-state index in [0.717, 1.165) is 18.8 Å². The number of alkyl halides is 1. The summed E-state index contributed by atoms with van der Waals surface area (Å²) in [5, 5.41) is 9.46. The zero-order valence-corrected chi connectivity index (χ0v) is 10.9. The highest BCUT2D eigenvalue weighted by Gasteiger charge is 2.23. The van der Waals surface area contributed by atoms with Gasteiger partial charge in [-0.3, -0.25) is 4.90 Å².